The normalized spacial score (nSPS) is 14.2. The van der Waals surface area contributed by atoms with E-state index in [0.29, 0.717) is 5.56 Å². The van der Waals surface area contributed by atoms with Gasteiger partial charge in [0.1, 0.15) is 0 Å². The van der Waals surface area contributed by atoms with Gasteiger partial charge in [-0.05, 0) is 24.3 Å². The van der Waals surface area contributed by atoms with Crippen LogP contribution < -0.4 is 4.90 Å². The van der Waals surface area contributed by atoms with E-state index in [-0.39, 0.29) is 0 Å². The second-order valence-electron chi connectivity index (χ2n) is 4.16. The summed E-state index contributed by atoms with van der Waals surface area (Å²) in [6.45, 7) is 2.83. The molecule has 0 spiro atoms. The zero-order valence-electron chi connectivity index (χ0n) is 9.37. The van der Waals surface area contributed by atoms with Crippen molar-refractivity contribution in [1.29, 1.82) is 5.26 Å². The quantitative estimate of drug-likeness (QED) is 0.741. The molecule has 0 amide bonds. The van der Waals surface area contributed by atoms with Gasteiger partial charge in [-0.2, -0.15) is 5.26 Å². The number of anilines is 1. The molecule has 1 aromatic carbocycles. The van der Waals surface area contributed by atoms with Crippen LogP contribution in [0.1, 0.15) is 11.3 Å². The Morgan fingerprint density at radius 1 is 1.18 bits per heavy atom. The third kappa shape index (κ3) is 1.76. The molecule has 84 valence electrons. The lowest BCUT2D eigenvalue weighted by Crippen LogP contribution is -2.32. The number of benzene rings is 1. The predicted octanol–water partition coefficient (Wildman–Crippen LogP) is 1.77. The van der Waals surface area contributed by atoms with Crippen LogP contribution in [0.5, 0.6) is 0 Å². The standard InChI is InChI=1S/C13H12N4/c14-7-11-1-3-12(4-2-11)16-5-6-17-10-15-8-13(17)9-16/h1-4,8,10H,5-6,9H2. The van der Waals surface area contributed by atoms with E-state index in [2.05, 4.69) is 20.5 Å². The summed E-state index contributed by atoms with van der Waals surface area (Å²) in [6, 6.07) is 9.87. The van der Waals surface area contributed by atoms with Crippen molar-refractivity contribution in [1.82, 2.24) is 9.55 Å². The van der Waals surface area contributed by atoms with Crippen LogP contribution in [0.4, 0.5) is 5.69 Å². The fraction of sp³-hybridized carbons (Fsp3) is 0.231. The van der Waals surface area contributed by atoms with Crippen molar-refractivity contribution in [2.45, 2.75) is 13.1 Å². The number of fused-ring (bicyclic) bond motifs is 1. The summed E-state index contributed by atoms with van der Waals surface area (Å²) in [4.78, 5) is 6.46. The first-order valence-corrected chi connectivity index (χ1v) is 5.61. The van der Waals surface area contributed by atoms with Crippen LogP contribution >= 0.6 is 0 Å². The van der Waals surface area contributed by atoms with Crippen LogP contribution in [0.2, 0.25) is 0 Å². The Hall–Kier alpha value is -2.28. The van der Waals surface area contributed by atoms with Gasteiger partial charge in [0.2, 0.25) is 0 Å². The molecule has 0 saturated heterocycles. The number of hydrogen-bond acceptors (Lipinski definition) is 3. The summed E-state index contributed by atoms with van der Waals surface area (Å²) in [5.74, 6) is 0. The zero-order chi connectivity index (χ0) is 11.7. The molecule has 0 N–H and O–H groups in total. The first kappa shape index (κ1) is 9.91. The van der Waals surface area contributed by atoms with E-state index in [1.807, 2.05) is 36.8 Å². The maximum atomic E-state index is 8.77. The fourth-order valence-electron chi connectivity index (χ4n) is 2.15. The summed E-state index contributed by atoms with van der Waals surface area (Å²) >= 11 is 0. The molecule has 0 unspecified atom stereocenters. The number of rotatable bonds is 1. The summed E-state index contributed by atoms with van der Waals surface area (Å²) in [5.41, 5.74) is 3.10. The molecular formula is C13H12N4. The molecule has 0 atom stereocenters. The highest BCUT2D eigenvalue weighted by molar-refractivity contribution is 5.50. The Bertz CT molecular complexity index is 562. The fourth-order valence-corrected chi connectivity index (χ4v) is 2.15. The van der Waals surface area contributed by atoms with Gasteiger partial charge in [0, 0.05) is 25.0 Å². The van der Waals surface area contributed by atoms with Gasteiger partial charge < -0.3 is 9.47 Å². The van der Waals surface area contributed by atoms with Crippen LogP contribution in [0.15, 0.2) is 36.8 Å². The number of hydrogen-bond donors (Lipinski definition) is 0. The van der Waals surface area contributed by atoms with E-state index in [1.54, 1.807) is 0 Å². The number of nitriles is 1. The maximum Gasteiger partial charge on any atom is 0.0991 e. The van der Waals surface area contributed by atoms with Gasteiger partial charge in [-0.1, -0.05) is 0 Å². The number of nitrogens with zero attached hydrogens (tertiary/aromatic N) is 4. The Labute approximate surface area is 99.7 Å². The average Bonchev–Trinajstić information content (AvgIpc) is 2.86. The van der Waals surface area contributed by atoms with Crippen molar-refractivity contribution in [3.63, 3.8) is 0 Å². The summed E-state index contributed by atoms with van der Waals surface area (Å²) in [7, 11) is 0. The third-order valence-electron chi connectivity index (χ3n) is 3.12. The molecular weight excluding hydrogens is 212 g/mol. The minimum absolute atomic E-state index is 0.704. The SMILES string of the molecule is N#Cc1ccc(N2CCn3cncc3C2)cc1. The van der Waals surface area contributed by atoms with Crippen LogP contribution in [0, 0.1) is 11.3 Å². The van der Waals surface area contributed by atoms with Gasteiger partial charge in [-0.25, -0.2) is 4.98 Å². The first-order chi connectivity index (χ1) is 8.36. The van der Waals surface area contributed by atoms with E-state index in [9.17, 15) is 0 Å². The van der Waals surface area contributed by atoms with E-state index in [1.165, 1.54) is 5.69 Å². The van der Waals surface area contributed by atoms with Crippen molar-refractivity contribution < 1.29 is 0 Å². The Morgan fingerprint density at radius 2 is 2.00 bits per heavy atom. The van der Waals surface area contributed by atoms with Gasteiger partial charge in [-0.15, -0.1) is 0 Å². The molecule has 4 nitrogen and oxygen atoms in total. The highest BCUT2D eigenvalue weighted by atomic mass is 15.2. The predicted molar refractivity (Wildman–Crippen MR) is 64.4 cm³/mol. The highest BCUT2D eigenvalue weighted by Crippen LogP contribution is 2.20. The minimum Gasteiger partial charge on any atom is -0.364 e. The highest BCUT2D eigenvalue weighted by Gasteiger charge is 2.15. The third-order valence-corrected chi connectivity index (χ3v) is 3.12. The van der Waals surface area contributed by atoms with Crippen molar-refractivity contribution in [2.75, 3.05) is 11.4 Å². The lowest BCUT2D eigenvalue weighted by atomic mass is 10.2. The van der Waals surface area contributed by atoms with E-state index in [0.717, 1.165) is 25.3 Å². The molecule has 2 aromatic rings. The molecule has 1 aromatic heterocycles. The van der Waals surface area contributed by atoms with Gasteiger partial charge in [0.05, 0.1) is 30.2 Å². The van der Waals surface area contributed by atoms with Crippen LogP contribution in [0.25, 0.3) is 0 Å². The molecule has 2 heterocycles. The maximum absolute atomic E-state index is 8.77. The van der Waals surface area contributed by atoms with Crippen molar-refractivity contribution >= 4 is 5.69 Å². The molecule has 0 fully saturated rings. The molecule has 0 saturated carbocycles. The molecule has 0 bridgehead atoms. The minimum atomic E-state index is 0.704. The molecule has 4 heteroatoms. The largest absolute Gasteiger partial charge is 0.364 e. The number of imidazole rings is 1. The topological polar surface area (TPSA) is 44.9 Å². The average molecular weight is 224 g/mol. The summed E-state index contributed by atoms with van der Waals surface area (Å²) in [5, 5.41) is 8.77. The second-order valence-corrected chi connectivity index (χ2v) is 4.16. The molecule has 1 aliphatic heterocycles. The summed E-state index contributed by atoms with van der Waals surface area (Å²) < 4.78 is 2.18. The molecule has 17 heavy (non-hydrogen) atoms. The van der Waals surface area contributed by atoms with Crippen molar-refractivity contribution in [3.8, 4) is 6.07 Å². The Balaban J connectivity index is 1.84. The van der Waals surface area contributed by atoms with Gasteiger partial charge in [0.25, 0.3) is 0 Å². The van der Waals surface area contributed by atoms with Crippen LogP contribution in [-0.4, -0.2) is 16.1 Å². The van der Waals surface area contributed by atoms with Crippen LogP contribution in [-0.2, 0) is 13.1 Å². The monoisotopic (exact) mass is 224 g/mol. The smallest absolute Gasteiger partial charge is 0.0991 e. The Kier molecular flexibility index (Phi) is 2.30. The Morgan fingerprint density at radius 3 is 2.76 bits per heavy atom. The summed E-state index contributed by atoms with van der Waals surface area (Å²) in [6.07, 6.45) is 3.79. The second kappa shape index (κ2) is 3.95. The lowest BCUT2D eigenvalue weighted by Gasteiger charge is -2.30. The molecule has 0 aliphatic carbocycles. The van der Waals surface area contributed by atoms with Crippen molar-refractivity contribution in [3.05, 3.63) is 48.0 Å². The molecule has 0 radical (unpaired) electrons. The van der Waals surface area contributed by atoms with E-state index >= 15 is 0 Å². The van der Waals surface area contributed by atoms with Gasteiger partial charge in [0.15, 0.2) is 0 Å². The zero-order valence-corrected chi connectivity index (χ0v) is 9.37. The van der Waals surface area contributed by atoms with Crippen LogP contribution in [0.3, 0.4) is 0 Å². The van der Waals surface area contributed by atoms with E-state index < -0.39 is 0 Å². The van der Waals surface area contributed by atoms with Gasteiger partial charge in [-0.3, -0.25) is 0 Å². The molecule has 1 aliphatic rings. The molecule has 3 rings (SSSR count). The van der Waals surface area contributed by atoms with Crippen molar-refractivity contribution in [2.24, 2.45) is 0 Å². The first-order valence-electron chi connectivity index (χ1n) is 5.61. The van der Waals surface area contributed by atoms with Gasteiger partial charge >= 0.3 is 0 Å². The van der Waals surface area contributed by atoms with E-state index in [4.69, 9.17) is 5.26 Å². The number of aromatic nitrogens is 2. The lowest BCUT2D eigenvalue weighted by molar-refractivity contribution is 0.571.